The summed E-state index contributed by atoms with van der Waals surface area (Å²) in [6.07, 6.45) is 1.50. The number of hydrogen-bond acceptors (Lipinski definition) is 6. The fourth-order valence-electron chi connectivity index (χ4n) is 1.42. The molecule has 0 aliphatic rings. The standard InChI is InChI=1S/C10H11N3O4S/c1-17-4-2-11-7(14)6-8(15)12-10-13(9(6)16)3-5-18-10/h3,5,15H,2,4H2,1H3,(H,11,14). The molecule has 0 fully saturated rings. The van der Waals surface area contributed by atoms with Gasteiger partial charge in [-0.15, -0.1) is 11.3 Å². The summed E-state index contributed by atoms with van der Waals surface area (Å²) in [7, 11) is 1.50. The van der Waals surface area contributed by atoms with Crippen molar-refractivity contribution in [2.75, 3.05) is 20.3 Å². The van der Waals surface area contributed by atoms with Crippen molar-refractivity contribution in [1.29, 1.82) is 0 Å². The molecule has 2 aromatic rings. The van der Waals surface area contributed by atoms with Crippen LogP contribution >= 0.6 is 11.3 Å². The van der Waals surface area contributed by atoms with E-state index in [1.54, 1.807) is 5.38 Å². The number of methoxy groups -OCH3 is 1. The summed E-state index contributed by atoms with van der Waals surface area (Å²) in [4.78, 5) is 27.8. The largest absolute Gasteiger partial charge is 0.492 e. The van der Waals surface area contributed by atoms with Crippen molar-refractivity contribution in [2.45, 2.75) is 0 Å². The number of carbonyl (C=O) groups excluding carboxylic acids is 1. The van der Waals surface area contributed by atoms with Crippen LogP contribution in [0.5, 0.6) is 5.88 Å². The predicted octanol–water partition coefficient (Wildman–Crippen LogP) is -0.162. The Morgan fingerprint density at radius 2 is 2.44 bits per heavy atom. The van der Waals surface area contributed by atoms with Crippen LogP contribution < -0.4 is 10.9 Å². The Labute approximate surface area is 106 Å². The summed E-state index contributed by atoms with van der Waals surface area (Å²) >= 11 is 1.20. The topological polar surface area (TPSA) is 92.9 Å². The van der Waals surface area contributed by atoms with Gasteiger partial charge in [-0.05, 0) is 0 Å². The highest BCUT2D eigenvalue weighted by Crippen LogP contribution is 2.14. The molecule has 96 valence electrons. The average molecular weight is 269 g/mol. The van der Waals surface area contributed by atoms with Gasteiger partial charge in [-0.25, -0.2) is 0 Å². The van der Waals surface area contributed by atoms with E-state index in [4.69, 9.17) is 4.74 Å². The van der Waals surface area contributed by atoms with Crippen molar-refractivity contribution in [3.8, 4) is 5.88 Å². The first-order valence-electron chi connectivity index (χ1n) is 5.11. The van der Waals surface area contributed by atoms with Crippen molar-refractivity contribution < 1.29 is 14.6 Å². The van der Waals surface area contributed by atoms with Gasteiger partial charge in [-0.1, -0.05) is 0 Å². The first kappa shape index (κ1) is 12.5. The van der Waals surface area contributed by atoms with E-state index in [2.05, 4.69) is 10.3 Å². The second-order valence-corrected chi connectivity index (χ2v) is 4.29. The molecule has 0 unspecified atom stereocenters. The summed E-state index contributed by atoms with van der Waals surface area (Å²) in [5.74, 6) is -1.22. The van der Waals surface area contributed by atoms with E-state index in [0.29, 0.717) is 11.6 Å². The molecular weight excluding hydrogens is 258 g/mol. The third-order valence-corrected chi connectivity index (χ3v) is 3.02. The number of thiazole rings is 1. The van der Waals surface area contributed by atoms with Gasteiger partial charge in [0.2, 0.25) is 5.88 Å². The number of nitrogens with one attached hydrogen (secondary N) is 1. The zero-order chi connectivity index (χ0) is 13.1. The lowest BCUT2D eigenvalue weighted by Gasteiger charge is -2.05. The highest BCUT2D eigenvalue weighted by molar-refractivity contribution is 7.15. The highest BCUT2D eigenvalue weighted by atomic mass is 32.1. The minimum Gasteiger partial charge on any atom is -0.492 e. The molecule has 0 saturated heterocycles. The Bertz CT molecular complexity index is 634. The van der Waals surface area contributed by atoms with Crippen LogP contribution in [0.25, 0.3) is 4.96 Å². The summed E-state index contributed by atoms with van der Waals surface area (Å²) in [6, 6.07) is 0. The lowest BCUT2D eigenvalue weighted by molar-refractivity contribution is 0.0932. The number of nitrogens with zero attached hydrogens (tertiary/aromatic N) is 2. The summed E-state index contributed by atoms with van der Waals surface area (Å²) in [5.41, 5.74) is -0.948. The molecular formula is C10H11N3O4S. The SMILES string of the molecule is COCCNC(=O)c1c(O)nc2sccn2c1=O. The van der Waals surface area contributed by atoms with E-state index in [1.807, 2.05) is 0 Å². The van der Waals surface area contributed by atoms with Crippen LogP contribution in [0.15, 0.2) is 16.4 Å². The molecule has 2 rings (SSSR count). The Balaban J connectivity index is 2.37. The molecule has 0 saturated carbocycles. The fraction of sp³-hybridized carbons (Fsp3) is 0.300. The van der Waals surface area contributed by atoms with Crippen LogP contribution in [0.2, 0.25) is 0 Å². The smallest absolute Gasteiger partial charge is 0.275 e. The molecule has 0 spiro atoms. The van der Waals surface area contributed by atoms with Crippen molar-refractivity contribution in [3.05, 3.63) is 27.5 Å². The zero-order valence-electron chi connectivity index (χ0n) is 9.54. The molecule has 0 atom stereocenters. The molecule has 2 aromatic heterocycles. The molecule has 2 N–H and O–H groups in total. The third-order valence-electron chi connectivity index (χ3n) is 2.27. The lowest BCUT2D eigenvalue weighted by Crippen LogP contribution is -2.33. The van der Waals surface area contributed by atoms with Crippen LogP contribution in [0.3, 0.4) is 0 Å². The number of aromatic nitrogens is 2. The number of carbonyl (C=O) groups is 1. The Morgan fingerprint density at radius 1 is 1.67 bits per heavy atom. The summed E-state index contributed by atoms with van der Waals surface area (Å²) in [5, 5.41) is 13.7. The van der Waals surface area contributed by atoms with Crippen molar-refractivity contribution >= 4 is 22.2 Å². The maximum Gasteiger partial charge on any atom is 0.275 e. The summed E-state index contributed by atoms with van der Waals surface area (Å²) < 4.78 is 5.99. The number of rotatable bonds is 4. The van der Waals surface area contributed by atoms with Crippen LogP contribution in [0, 0.1) is 0 Å². The molecule has 8 heteroatoms. The van der Waals surface area contributed by atoms with E-state index in [0.717, 1.165) is 0 Å². The van der Waals surface area contributed by atoms with E-state index in [-0.39, 0.29) is 12.1 Å². The van der Waals surface area contributed by atoms with E-state index < -0.39 is 17.3 Å². The zero-order valence-corrected chi connectivity index (χ0v) is 10.4. The minimum absolute atomic E-state index is 0.251. The molecule has 0 aliphatic carbocycles. The van der Waals surface area contributed by atoms with Gasteiger partial charge in [0.15, 0.2) is 10.5 Å². The molecule has 18 heavy (non-hydrogen) atoms. The van der Waals surface area contributed by atoms with Gasteiger partial charge < -0.3 is 15.2 Å². The number of ether oxygens (including phenoxy) is 1. The second kappa shape index (κ2) is 5.15. The molecule has 2 heterocycles. The first-order valence-corrected chi connectivity index (χ1v) is 5.99. The quantitative estimate of drug-likeness (QED) is 0.752. The first-order chi connectivity index (χ1) is 8.65. The van der Waals surface area contributed by atoms with E-state index in [1.165, 1.54) is 29.0 Å². The lowest BCUT2D eigenvalue weighted by atomic mass is 10.3. The van der Waals surface area contributed by atoms with Crippen molar-refractivity contribution in [2.24, 2.45) is 0 Å². The van der Waals surface area contributed by atoms with Gasteiger partial charge in [0.05, 0.1) is 6.61 Å². The molecule has 1 amide bonds. The van der Waals surface area contributed by atoms with Crippen LogP contribution in [0.1, 0.15) is 10.4 Å². The summed E-state index contributed by atoms with van der Waals surface area (Å²) in [6.45, 7) is 0.572. The van der Waals surface area contributed by atoms with E-state index in [9.17, 15) is 14.7 Å². The van der Waals surface area contributed by atoms with Crippen LogP contribution in [-0.2, 0) is 4.74 Å². The maximum atomic E-state index is 12.0. The Hall–Kier alpha value is -1.93. The molecule has 0 aromatic carbocycles. The van der Waals surface area contributed by atoms with E-state index >= 15 is 0 Å². The predicted molar refractivity (Wildman–Crippen MR) is 65.2 cm³/mol. The van der Waals surface area contributed by atoms with Gasteiger partial charge in [-0.2, -0.15) is 4.98 Å². The highest BCUT2D eigenvalue weighted by Gasteiger charge is 2.19. The molecule has 0 aliphatic heterocycles. The Kier molecular flexibility index (Phi) is 3.58. The van der Waals surface area contributed by atoms with Gasteiger partial charge in [-0.3, -0.25) is 14.0 Å². The fourth-order valence-corrected chi connectivity index (χ4v) is 2.12. The van der Waals surface area contributed by atoms with Crippen LogP contribution in [-0.4, -0.2) is 40.7 Å². The van der Waals surface area contributed by atoms with Gasteiger partial charge in [0.1, 0.15) is 0 Å². The van der Waals surface area contributed by atoms with Gasteiger partial charge >= 0.3 is 0 Å². The van der Waals surface area contributed by atoms with Crippen molar-refractivity contribution in [3.63, 3.8) is 0 Å². The third kappa shape index (κ3) is 2.20. The van der Waals surface area contributed by atoms with Gasteiger partial charge in [0, 0.05) is 25.2 Å². The number of fused-ring (bicyclic) bond motifs is 1. The normalized spacial score (nSPS) is 10.7. The maximum absolute atomic E-state index is 12.0. The monoisotopic (exact) mass is 269 g/mol. The number of amides is 1. The van der Waals surface area contributed by atoms with Crippen molar-refractivity contribution in [1.82, 2.24) is 14.7 Å². The second-order valence-electron chi connectivity index (χ2n) is 3.42. The number of aromatic hydroxyl groups is 1. The average Bonchev–Trinajstić information content (AvgIpc) is 2.77. The van der Waals surface area contributed by atoms with Crippen LogP contribution in [0.4, 0.5) is 0 Å². The molecule has 0 bridgehead atoms. The molecule has 0 radical (unpaired) electrons. The minimum atomic E-state index is -0.664. The number of hydrogen-bond donors (Lipinski definition) is 2. The Morgan fingerprint density at radius 3 is 3.17 bits per heavy atom. The van der Waals surface area contributed by atoms with Gasteiger partial charge in [0.25, 0.3) is 11.5 Å². The molecule has 7 nitrogen and oxygen atoms in total.